The minimum Gasteiger partial charge on any atom is -0.309 e. The Bertz CT molecular complexity index is 2140. The van der Waals surface area contributed by atoms with Crippen LogP contribution in [0.15, 0.2) is 121 Å². The number of hydrogen-bond acceptors (Lipinski definition) is 1. The van der Waals surface area contributed by atoms with Crippen LogP contribution in [0, 0.1) is 6.92 Å². The largest absolute Gasteiger partial charge is 0.309 e. The molecule has 0 spiro atoms. The fourth-order valence-electron chi connectivity index (χ4n) is 5.86. The van der Waals surface area contributed by atoms with Gasteiger partial charge in [0.1, 0.15) is 5.82 Å². The molecule has 174 valence electrons. The predicted octanol–water partition coefficient (Wildman–Crippen LogP) is 8.74. The van der Waals surface area contributed by atoms with E-state index >= 15 is 0 Å². The summed E-state index contributed by atoms with van der Waals surface area (Å²) in [4.78, 5) is 4.81. The first-order chi connectivity index (χ1) is 18.3. The molecule has 0 bridgehead atoms. The lowest BCUT2D eigenvalue weighted by atomic mass is 10.1. The SMILES string of the molecule is Cc1ccc(-n2c3ccccc3c3cc4c5ccccc5n(-c5ccc6ccccc6c5)c4cc32)nc1. The van der Waals surface area contributed by atoms with Gasteiger partial charge in [-0.05, 0) is 65.7 Å². The average Bonchev–Trinajstić information content (AvgIpc) is 3.44. The third-order valence-corrected chi connectivity index (χ3v) is 7.58. The fourth-order valence-corrected chi connectivity index (χ4v) is 5.86. The van der Waals surface area contributed by atoms with E-state index in [0.29, 0.717) is 0 Å². The van der Waals surface area contributed by atoms with Crippen LogP contribution in [-0.4, -0.2) is 14.1 Å². The molecule has 0 fully saturated rings. The third kappa shape index (κ3) is 2.91. The van der Waals surface area contributed by atoms with E-state index in [4.69, 9.17) is 4.98 Å². The van der Waals surface area contributed by atoms with Gasteiger partial charge in [0.05, 0.1) is 22.1 Å². The quantitative estimate of drug-likeness (QED) is 0.246. The van der Waals surface area contributed by atoms with Gasteiger partial charge in [-0.2, -0.15) is 0 Å². The van der Waals surface area contributed by atoms with Crippen LogP contribution < -0.4 is 0 Å². The lowest BCUT2D eigenvalue weighted by Gasteiger charge is -2.10. The minimum absolute atomic E-state index is 0.935. The molecule has 0 atom stereocenters. The van der Waals surface area contributed by atoms with Gasteiger partial charge in [-0.3, -0.25) is 4.57 Å². The molecule has 5 aromatic carbocycles. The van der Waals surface area contributed by atoms with Crippen molar-refractivity contribution in [1.29, 1.82) is 0 Å². The molecule has 0 aliphatic rings. The summed E-state index contributed by atoms with van der Waals surface area (Å²) in [5.41, 5.74) is 7.06. The smallest absolute Gasteiger partial charge is 0.137 e. The fraction of sp³-hybridized carbons (Fsp3) is 0.0294. The Labute approximate surface area is 213 Å². The summed E-state index contributed by atoms with van der Waals surface area (Å²) in [5.74, 6) is 0.935. The molecule has 3 heteroatoms. The molecule has 0 saturated heterocycles. The number of aryl methyl sites for hydroxylation is 1. The van der Waals surface area contributed by atoms with Crippen LogP contribution in [0.3, 0.4) is 0 Å². The van der Waals surface area contributed by atoms with E-state index in [1.165, 1.54) is 54.6 Å². The van der Waals surface area contributed by atoms with Crippen LogP contribution in [0.4, 0.5) is 0 Å². The van der Waals surface area contributed by atoms with Crippen molar-refractivity contribution in [2.24, 2.45) is 0 Å². The van der Waals surface area contributed by atoms with Crippen LogP contribution in [-0.2, 0) is 0 Å². The summed E-state index contributed by atoms with van der Waals surface area (Å²) in [6.07, 6.45) is 1.94. The second-order valence-corrected chi connectivity index (χ2v) is 9.82. The highest BCUT2D eigenvalue weighted by atomic mass is 15.1. The zero-order valence-electron chi connectivity index (χ0n) is 20.4. The summed E-state index contributed by atoms with van der Waals surface area (Å²) >= 11 is 0. The van der Waals surface area contributed by atoms with E-state index in [2.05, 4.69) is 131 Å². The molecule has 8 rings (SSSR count). The summed E-state index contributed by atoms with van der Waals surface area (Å²) in [6.45, 7) is 2.08. The Hall–Kier alpha value is -4.89. The summed E-state index contributed by atoms with van der Waals surface area (Å²) in [7, 11) is 0. The summed E-state index contributed by atoms with van der Waals surface area (Å²) in [5, 5.41) is 7.50. The molecule has 3 aromatic heterocycles. The molecule has 8 aromatic rings. The Balaban J connectivity index is 1.54. The molecule has 0 saturated carbocycles. The van der Waals surface area contributed by atoms with Crippen LogP contribution in [0.1, 0.15) is 5.56 Å². The van der Waals surface area contributed by atoms with Crippen LogP contribution in [0.2, 0.25) is 0 Å². The molecule has 0 aliphatic carbocycles. The number of rotatable bonds is 2. The lowest BCUT2D eigenvalue weighted by molar-refractivity contribution is 1.07. The second kappa shape index (κ2) is 7.55. The summed E-state index contributed by atoms with van der Waals surface area (Å²) < 4.78 is 4.70. The number of aromatic nitrogens is 3. The maximum Gasteiger partial charge on any atom is 0.137 e. The zero-order valence-corrected chi connectivity index (χ0v) is 20.4. The molecular weight excluding hydrogens is 450 g/mol. The Kier molecular flexibility index (Phi) is 4.15. The highest BCUT2D eigenvalue weighted by Gasteiger charge is 2.18. The Morgan fingerprint density at radius 2 is 1.14 bits per heavy atom. The third-order valence-electron chi connectivity index (χ3n) is 7.58. The molecule has 0 radical (unpaired) electrons. The van der Waals surface area contributed by atoms with Gasteiger partial charge in [-0.25, -0.2) is 4.98 Å². The first-order valence-corrected chi connectivity index (χ1v) is 12.6. The first-order valence-electron chi connectivity index (χ1n) is 12.6. The molecular formula is C34H23N3. The number of hydrogen-bond donors (Lipinski definition) is 0. The van der Waals surface area contributed by atoms with Gasteiger partial charge in [0, 0.05) is 33.4 Å². The first kappa shape index (κ1) is 20.3. The van der Waals surface area contributed by atoms with E-state index in [-0.39, 0.29) is 0 Å². The van der Waals surface area contributed by atoms with Crippen molar-refractivity contribution < 1.29 is 0 Å². The van der Waals surface area contributed by atoms with Gasteiger partial charge < -0.3 is 4.57 Å². The molecule has 37 heavy (non-hydrogen) atoms. The van der Waals surface area contributed by atoms with Crippen molar-refractivity contribution in [1.82, 2.24) is 14.1 Å². The molecule has 3 heterocycles. The molecule has 0 N–H and O–H groups in total. The van der Waals surface area contributed by atoms with E-state index < -0.39 is 0 Å². The van der Waals surface area contributed by atoms with E-state index in [9.17, 15) is 0 Å². The second-order valence-electron chi connectivity index (χ2n) is 9.82. The lowest BCUT2D eigenvalue weighted by Crippen LogP contribution is -1.98. The van der Waals surface area contributed by atoms with Crippen molar-refractivity contribution >= 4 is 54.4 Å². The van der Waals surface area contributed by atoms with Crippen molar-refractivity contribution in [2.45, 2.75) is 6.92 Å². The topological polar surface area (TPSA) is 22.8 Å². The maximum absolute atomic E-state index is 4.81. The predicted molar refractivity (Wildman–Crippen MR) is 155 cm³/mol. The van der Waals surface area contributed by atoms with E-state index in [1.54, 1.807) is 0 Å². The normalized spacial score (nSPS) is 11.9. The molecule has 0 amide bonds. The number of para-hydroxylation sites is 2. The molecule has 0 aliphatic heterocycles. The Morgan fingerprint density at radius 1 is 0.486 bits per heavy atom. The van der Waals surface area contributed by atoms with E-state index in [1.807, 2.05) is 6.20 Å². The highest BCUT2D eigenvalue weighted by Crippen LogP contribution is 2.39. The monoisotopic (exact) mass is 473 g/mol. The highest BCUT2D eigenvalue weighted by molar-refractivity contribution is 6.19. The summed E-state index contributed by atoms with van der Waals surface area (Å²) in [6, 6.07) is 41.6. The molecule has 3 nitrogen and oxygen atoms in total. The average molecular weight is 474 g/mol. The Morgan fingerprint density at radius 3 is 1.86 bits per heavy atom. The van der Waals surface area contributed by atoms with Gasteiger partial charge in [0.2, 0.25) is 0 Å². The van der Waals surface area contributed by atoms with Gasteiger partial charge in [-0.15, -0.1) is 0 Å². The van der Waals surface area contributed by atoms with Crippen LogP contribution >= 0.6 is 0 Å². The number of nitrogens with zero attached hydrogens (tertiary/aromatic N) is 3. The number of pyridine rings is 1. The van der Waals surface area contributed by atoms with Crippen LogP contribution in [0.5, 0.6) is 0 Å². The zero-order chi connectivity index (χ0) is 24.5. The van der Waals surface area contributed by atoms with Gasteiger partial charge in [-0.1, -0.05) is 72.8 Å². The van der Waals surface area contributed by atoms with Gasteiger partial charge >= 0.3 is 0 Å². The maximum atomic E-state index is 4.81. The van der Waals surface area contributed by atoms with Crippen LogP contribution in [0.25, 0.3) is 65.9 Å². The van der Waals surface area contributed by atoms with Gasteiger partial charge in [0.15, 0.2) is 0 Å². The minimum atomic E-state index is 0.935. The van der Waals surface area contributed by atoms with E-state index in [0.717, 1.165) is 16.9 Å². The molecule has 0 unspecified atom stereocenters. The number of benzene rings is 5. The number of fused-ring (bicyclic) bond motifs is 7. The van der Waals surface area contributed by atoms with Crippen molar-refractivity contribution in [3.63, 3.8) is 0 Å². The van der Waals surface area contributed by atoms with Crippen molar-refractivity contribution in [3.05, 3.63) is 127 Å². The van der Waals surface area contributed by atoms with Gasteiger partial charge in [0.25, 0.3) is 0 Å². The van der Waals surface area contributed by atoms with Crippen molar-refractivity contribution in [3.8, 4) is 11.5 Å². The van der Waals surface area contributed by atoms with Crippen molar-refractivity contribution in [2.75, 3.05) is 0 Å². The standard InChI is InChI=1S/C34H23N3/c1-22-14-17-34(35-21-22)37-31-13-7-5-11-27(31)29-19-28-26-10-4-6-12-30(26)36(32(28)20-33(29)37)25-16-15-23-8-2-3-9-24(23)18-25/h2-21H,1H3.